The molecule has 0 rings (SSSR count). The summed E-state index contributed by atoms with van der Waals surface area (Å²) >= 11 is 0. The van der Waals surface area contributed by atoms with Crippen molar-refractivity contribution in [3.05, 3.63) is 0 Å². The van der Waals surface area contributed by atoms with Gasteiger partial charge >= 0.3 is 39.5 Å². The van der Waals surface area contributed by atoms with Crippen LogP contribution in [0, 0.1) is 23.7 Å². The molecule has 0 aliphatic carbocycles. The first-order valence-corrected chi connectivity index (χ1v) is 40.7. The molecule has 546 valence electrons. The van der Waals surface area contributed by atoms with Crippen LogP contribution in [0.1, 0.15) is 364 Å². The Morgan fingerprint density at radius 1 is 0.272 bits per heavy atom. The summed E-state index contributed by atoms with van der Waals surface area (Å²) in [5.41, 5.74) is 0. The Morgan fingerprint density at radius 3 is 0.674 bits per heavy atom. The van der Waals surface area contributed by atoms with Crippen molar-refractivity contribution < 1.29 is 80.2 Å². The SMILES string of the molecule is CC(C)CCCCCCCCCCCCCCCCC(=O)OC[C@H](COP(=O)(O)OCC(O)COP(=O)(O)OC[C@@H](COC(=O)CCCCCCCCCC(C)C)OC(=O)CCCCCCCCCCC(C)C)OC(=O)CCCCCCCCCCCCCC(C)C. The number of hydrogen-bond acceptors (Lipinski definition) is 15. The van der Waals surface area contributed by atoms with E-state index in [9.17, 15) is 43.2 Å². The molecule has 3 unspecified atom stereocenters. The van der Waals surface area contributed by atoms with Gasteiger partial charge in [-0.15, -0.1) is 0 Å². The quantitative estimate of drug-likeness (QED) is 0.0222. The Morgan fingerprint density at radius 2 is 0.457 bits per heavy atom. The van der Waals surface area contributed by atoms with Gasteiger partial charge in [0.05, 0.1) is 26.4 Å². The zero-order chi connectivity index (χ0) is 68.2. The fourth-order valence-corrected chi connectivity index (χ4v) is 12.6. The van der Waals surface area contributed by atoms with Gasteiger partial charge in [0.15, 0.2) is 12.2 Å². The standard InChI is InChI=1S/C73H142O17P2/c1-63(2)49-41-33-25-18-14-11-9-10-12-16-20-29-37-45-53-70(75)83-59-68(89-72(77)55-47-39-30-21-17-13-15-19-26-34-42-50-64(3)4)61-87-91(79,80)85-57-67(74)58-86-92(81,82)88-62-69(60-84-71(76)54-46-38-32-24-28-36-44-52-66(7)8)90-73(78)56-48-40-31-23-22-27-35-43-51-65(5)6/h63-69,74H,9-62H2,1-8H3,(H,79,80)(H,81,82)/t67?,68-,69-/m1/s1. The third-order valence-corrected chi connectivity index (χ3v) is 18.7. The van der Waals surface area contributed by atoms with Gasteiger partial charge in [0.25, 0.3) is 0 Å². The molecule has 0 aromatic rings. The van der Waals surface area contributed by atoms with E-state index in [1.165, 1.54) is 161 Å². The maximum Gasteiger partial charge on any atom is 0.472 e. The van der Waals surface area contributed by atoms with E-state index in [1.807, 2.05) is 0 Å². The minimum atomic E-state index is -4.96. The number of aliphatic hydroxyl groups excluding tert-OH is 1. The van der Waals surface area contributed by atoms with Crippen LogP contribution in [0.15, 0.2) is 0 Å². The van der Waals surface area contributed by atoms with Crippen molar-refractivity contribution in [3.63, 3.8) is 0 Å². The average molecular weight is 1350 g/mol. The number of hydrogen-bond donors (Lipinski definition) is 3. The molecule has 0 aliphatic rings. The molecule has 0 saturated carbocycles. The van der Waals surface area contributed by atoms with Gasteiger partial charge in [-0.05, 0) is 49.4 Å². The van der Waals surface area contributed by atoms with Crippen LogP contribution in [0.5, 0.6) is 0 Å². The Kier molecular flexibility index (Phi) is 61.3. The zero-order valence-corrected chi connectivity index (χ0v) is 62.0. The number of aliphatic hydroxyl groups is 1. The normalized spacial score (nSPS) is 14.2. The molecule has 0 bridgehead atoms. The van der Waals surface area contributed by atoms with Crippen molar-refractivity contribution >= 4 is 39.5 Å². The first kappa shape index (κ1) is 90.1. The number of esters is 4. The number of ether oxygens (including phenoxy) is 4. The maximum atomic E-state index is 13.1. The summed E-state index contributed by atoms with van der Waals surface area (Å²) in [7, 11) is -9.91. The van der Waals surface area contributed by atoms with E-state index in [1.54, 1.807) is 0 Å². The van der Waals surface area contributed by atoms with Gasteiger partial charge < -0.3 is 33.8 Å². The molecule has 92 heavy (non-hydrogen) atoms. The van der Waals surface area contributed by atoms with Crippen molar-refractivity contribution in [1.82, 2.24) is 0 Å². The number of carbonyl (C=O) groups is 4. The molecular weight excluding hydrogens is 1210 g/mol. The van der Waals surface area contributed by atoms with E-state index in [2.05, 4.69) is 55.4 Å². The molecule has 0 aliphatic heterocycles. The average Bonchev–Trinajstić information content (AvgIpc) is 2.19. The number of unbranched alkanes of at least 4 members (excludes halogenated alkanes) is 36. The second-order valence-electron chi connectivity index (χ2n) is 28.2. The van der Waals surface area contributed by atoms with Gasteiger partial charge in [-0.25, -0.2) is 9.13 Å². The van der Waals surface area contributed by atoms with Crippen LogP contribution < -0.4 is 0 Å². The highest BCUT2D eigenvalue weighted by atomic mass is 31.2. The fraction of sp³-hybridized carbons (Fsp3) is 0.945. The van der Waals surface area contributed by atoms with Crippen LogP contribution in [0.3, 0.4) is 0 Å². The predicted molar refractivity (Wildman–Crippen MR) is 372 cm³/mol. The first-order valence-electron chi connectivity index (χ1n) is 37.7. The molecule has 0 heterocycles. The van der Waals surface area contributed by atoms with Crippen LogP contribution in [0.2, 0.25) is 0 Å². The molecule has 0 fully saturated rings. The van der Waals surface area contributed by atoms with Gasteiger partial charge in [-0.3, -0.25) is 37.3 Å². The molecule has 0 aromatic carbocycles. The van der Waals surface area contributed by atoms with Crippen molar-refractivity contribution in [1.29, 1.82) is 0 Å². The Balaban J connectivity index is 5.24. The molecule has 0 aromatic heterocycles. The van der Waals surface area contributed by atoms with Crippen molar-refractivity contribution in [2.24, 2.45) is 23.7 Å². The summed E-state index contributed by atoms with van der Waals surface area (Å²) in [6, 6.07) is 0. The van der Waals surface area contributed by atoms with E-state index in [-0.39, 0.29) is 25.7 Å². The molecule has 0 radical (unpaired) electrons. The van der Waals surface area contributed by atoms with E-state index in [0.29, 0.717) is 31.6 Å². The third-order valence-electron chi connectivity index (χ3n) is 16.8. The number of rotatable bonds is 70. The van der Waals surface area contributed by atoms with Crippen molar-refractivity contribution in [3.8, 4) is 0 Å². The minimum Gasteiger partial charge on any atom is -0.462 e. The zero-order valence-electron chi connectivity index (χ0n) is 60.2. The highest BCUT2D eigenvalue weighted by Crippen LogP contribution is 2.45. The van der Waals surface area contributed by atoms with Crippen LogP contribution in [-0.4, -0.2) is 96.7 Å². The molecule has 19 heteroatoms. The lowest BCUT2D eigenvalue weighted by molar-refractivity contribution is -0.161. The van der Waals surface area contributed by atoms with Gasteiger partial charge in [0.2, 0.25) is 0 Å². The van der Waals surface area contributed by atoms with Crippen LogP contribution >= 0.6 is 15.6 Å². The summed E-state index contributed by atoms with van der Waals surface area (Å²) in [6.07, 6.45) is 45.9. The number of phosphoric acid groups is 2. The second kappa shape index (κ2) is 62.6. The molecule has 5 atom stereocenters. The van der Waals surface area contributed by atoms with Crippen LogP contribution in [-0.2, 0) is 65.4 Å². The highest BCUT2D eigenvalue weighted by Gasteiger charge is 2.30. The highest BCUT2D eigenvalue weighted by molar-refractivity contribution is 7.47. The van der Waals surface area contributed by atoms with Crippen LogP contribution in [0.25, 0.3) is 0 Å². The lowest BCUT2D eigenvalue weighted by atomic mass is 10.0. The fourth-order valence-electron chi connectivity index (χ4n) is 11.0. The summed E-state index contributed by atoms with van der Waals surface area (Å²) in [5, 5.41) is 10.6. The van der Waals surface area contributed by atoms with Gasteiger partial charge in [0, 0.05) is 25.7 Å². The van der Waals surface area contributed by atoms with E-state index < -0.39 is 97.5 Å². The summed E-state index contributed by atoms with van der Waals surface area (Å²) < 4.78 is 68.4. The molecule has 0 saturated heterocycles. The molecule has 0 amide bonds. The lowest BCUT2D eigenvalue weighted by Gasteiger charge is -2.21. The topological polar surface area (TPSA) is 237 Å². The van der Waals surface area contributed by atoms with E-state index in [0.717, 1.165) is 114 Å². The lowest BCUT2D eigenvalue weighted by Crippen LogP contribution is -2.30. The smallest absolute Gasteiger partial charge is 0.462 e. The summed E-state index contributed by atoms with van der Waals surface area (Å²) in [4.78, 5) is 72.6. The van der Waals surface area contributed by atoms with E-state index in [4.69, 9.17) is 37.0 Å². The van der Waals surface area contributed by atoms with Gasteiger partial charge in [-0.1, -0.05) is 312 Å². The molecule has 0 spiro atoms. The van der Waals surface area contributed by atoms with Crippen LogP contribution in [0.4, 0.5) is 0 Å². The van der Waals surface area contributed by atoms with E-state index >= 15 is 0 Å². The number of phosphoric ester groups is 2. The summed E-state index contributed by atoms with van der Waals surface area (Å²) in [6.45, 7) is 14.1. The van der Waals surface area contributed by atoms with Crippen molar-refractivity contribution in [2.45, 2.75) is 382 Å². The Hall–Kier alpha value is -1.94. The van der Waals surface area contributed by atoms with Gasteiger partial charge in [-0.2, -0.15) is 0 Å². The van der Waals surface area contributed by atoms with Crippen molar-refractivity contribution in [2.75, 3.05) is 39.6 Å². The Bertz CT molecular complexity index is 1820. The second-order valence-corrected chi connectivity index (χ2v) is 31.1. The molecule has 17 nitrogen and oxygen atoms in total. The monoisotopic (exact) mass is 1350 g/mol. The maximum absolute atomic E-state index is 13.1. The largest absolute Gasteiger partial charge is 0.472 e. The molecule has 3 N–H and O–H groups in total. The third kappa shape index (κ3) is 66.7. The van der Waals surface area contributed by atoms with Gasteiger partial charge in [0.1, 0.15) is 19.3 Å². The minimum absolute atomic E-state index is 0.103. The molecular formula is C73H142O17P2. The first-order chi connectivity index (χ1) is 44.1. The Labute approximate surface area is 562 Å². The summed E-state index contributed by atoms with van der Waals surface area (Å²) in [5.74, 6) is 0.861. The predicted octanol–water partition coefficient (Wildman–Crippen LogP) is 20.9. The number of carbonyl (C=O) groups excluding carboxylic acids is 4.